The Kier molecular flexibility index (Phi) is 8.01. The van der Waals surface area contributed by atoms with Gasteiger partial charge >= 0.3 is 0 Å². The molecule has 15 heavy (non-hydrogen) atoms. The Labute approximate surface area is 93.5 Å². The van der Waals surface area contributed by atoms with E-state index in [1.807, 2.05) is 6.92 Å². The molecule has 0 unspecified atom stereocenters. The molecule has 0 spiro atoms. The highest BCUT2D eigenvalue weighted by Crippen LogP contribution is 1.95. The predicted molar refractivity (Wildman–Crippen MR) is 64.8 cm³/mol. The number of amides is 1. The summed E-state index contributed by atoms with van der Waals surface area (Å²) in [5, 5.41) is 2.91. The highest BCUT2D eigenvalue weighted by atomic mass is 16.2. The van der Waals surface area contributed by atoms with Crippen LogP contribution in [-0.4, -0.2) is 37.0 Å². The molecule has 0 fully saturated rings. The van der Waals surface area contributed by atoms with Crippen molar-refractivity contribution in [3.05, 3.63) is 12.2 Å². The van der Waals surface area contributed by atoms with Crippen LogP contribution in [0.15, 0.2) is 12.2 Å². The molecular weight excluding hydrogens is 188 g/mol. The van der Waals surface area contributed by atoms with E-state index in [0.29, 0.717) is 6.54 Å². The first-order valence-corrected chi connectivity index (χ1v) is 5.73. The fraction of sp³-hybridized carbons (Fsp3) is 0.750. The second-order valence-corrected chi connectivity index (χ2v) is 3.96. The largest absolute Gasteiger partial charge is 0.355 e. The van der Waals surface area contributed by atoms with Crippen LogP contribution in [0.5, 0.6) is 0 Å². The summed E-state index contributed by atoms with van der Waals surface area (Å²) < 4.78 is 0. The summed E-state index contributed by atoms with van der Waals surface area (Å²) in [5.41, 5.74) is 1.10. The molecule has 3 nitrogen and oxygen atoms in total. The third kappa shape index (κ3) is 8.18. The molecule has 88 valence electrons. The molecule has 0 aromatic heterocycles. The monoisotopic (exact) mass is 212 g/mol. The van der Waals surface area contributed by atoms with E-state index in [1.54, 1.807) is 0 Å². The molecule has 0 aromatic carbocycles. The fourth-order valence-electron chi connectivity index (χ4n) is 1.32. The van der Waals surface area contributed by atoms with Gasteiger partial charge in [-0.05, 0) is 19.9 Å². The van der Waals surface area contributed by atoms with Crippen LogP contribution in [0.25, 0.3) is 0 Å². The third-order valence-electron chi connectivity index (χ3n) is 2.16. The summed E-state index contributed by atoms with van der Waals surface area (Å²) in [6.45, 7) is 13.0. The molecule has 1 amide bonds. The normalized spacial score (nSPS) is 10.4. The highest BCUT2D eigenvalue weighted by Gasteiger charge is 2.07. The predicted octanol–water partition coefficient (Wildman–Crippen LogP) is 1.80. The minimum atomic E-state index is 0.117. The van der Waals surface area contributed by atoms with Crippen molar-refractivity contribution in [2.24, 2.45) is 0 Å². The van der Waals surface area contributed by atoms with Gasteiger partial charge in [0.25, 0.3) is 0 Å². The van der Waals surface area contributed by atoms with Crippen molar-refractivity contribution < 1.29 is 4.79 Å². The average Bonchev–Trinajstić information content (AvgIpc) is 2.16. The van der Waals surface area contributed by atoms with Gasteiger partial charge in [0, 0.05) is 13.1 Å². The minimum Gasteiger partial charge on any atom is -0.355 e. The summed E-state index contributed by atoms with van der Waals surface area (Å²) in [6, 6.07) is 0. The van der Waals surface area contributed by atoms with Crippen molar-refractivity contribution in [2.45, 2.75) is 33.6 Å². The van der Waals surface area contributed by atoms with E-state index >= 15 is 0 Å². The van der Waals surface area contributed by atoms with Gasteiger partial charge < -0.3 is 5.32 Å². The van der Waals surface area contributed by atoms with Crippen LogP contribution in [0, 0.1) is 0 Å². The van der Waals surface area contributed by atoms with Crippen LogP contribution in [-0.2, 0) is 4.79 Å². The average molecular weight is 212 g/mol. The van der Waals surface area contributed by atoms with E-state index in [0.717, 1.165) is 38.0 Å². The highest BCUT2D eigenvalue weighted by molar-refractivity contribution is 5.77. The van der Waals surface area contributed by atoms with Crippen molar-refractivity contribution in [3.63, 3.8) is 0 Å². The molecule has 0 rings (SSSR count). The lowest BCUT2D eigenvalue weighted by atomic mass is 10.3. The van der Waals surface area contributed by atoms with Crippen LogP contribution < -0.4 is 5.32 Å². The van der Waals surface area contributed by atoms with Crippen LogP contribution in [0.3, 0.4) is 0 Å². The number of unbranched alkanes of at least 4 members (excludes halogenated alkanes) is 1. The Morgan fingerprint density at radius 3 is 2.47 bits per heavy atom. The van der Waals surface area contributed by atoms with Crippen LogP contribution in [0.4, 0.5) is 0 Å². The summed E-state index contributed by atoms with van der Waals surface area (Å²) in [6.07, 6.45) is 2.17. The maximum atomic E-state index is 11.5. The number of hydrogen-bond donors (Lipinski definition) is 1. The van der Waals surface area contributed by atoms with Gasteiger partial charge in [-0.3, -0.25) is 9.69 Å². The molecule has 0 aliphatic carbocycles. The zero-order valence-corrected chi connectivity index (χ0v) is 10.3. The smallest absolute Gasteiger partial charge is 0.234 e. The van der Waals surface area contributed by atoms with Crippen molar-refractivity contribution in [2.75, 3.05) is 26.2 Å². The van der Waals surface area contributed by atoms with Gasteiger partial charge in [0.1, 0.15) is 0 Å². The van der Waals surface area contributed by atoms with E-state index in [2.05, 4.69) is 30.6 Å². The number of rotatable bonds is 8. The molecule has 0 atom stereocenters. The van der Waals surface area contributed by atoms with Gasteiger partial charge in [-0.1, -0.05) is 32.4 Å². The Balaban J connectivity index is 3.75. The standard InChI is InChI=1S/C12H24N2O/c1-5-7-8-13-12(15)10-14(6-2)9-11(3)4/h3,5-10H2,1-2,4H3,(H,13,15). The zero-order chi connectivity index (χ0) is 11.7. The van der Waals surface area contributed by atoms with Gasteiger partial charge in [0.05, 0.1) is 6.54 Å². The molecule has 0 saturated heterocycles. The first-order chi connectivity index (χ1) is 7.10. The number of nitrogens with zero attached hydrogens (tertiary/aromatic N) is 1. The van der Waals surface area contributed by atoms with Gasteiger partial charge in [-0.25, -0.2) is 0 Å². The number of carbonyl (C=O) groups is 1. The minimum absolute atomic E-state index is 0.117. The summed E-state index contributed by atoms with van der Waals surface area (Å²) in [7, 11) is 0. The van der Waals surface area contributed by atoms with Gasteiger partial charge in [-0.2, -0.15) is 0 Å². The molecular formula is C12H24N2O. The van der Waals surface area contributed by atoms with Crippen LogP contribution in [0.1, 0.15) is 33.6 Å². The van der Waals surface area contributed by atoms with E-state index in [9.17, 15) is 4.79 Å². The lowest BCUT2D eigenvalue weighted by molar-refractivity contribution is -0.122. The topological polar surface area (TPSA) is 32.3 Å². The Hall–Kier alpha value is -0.830. The Morgan fingerprint density at radius 1 is 1.33 bits per heavy atom. The fourth-order valence-corrected chi connectivity index (χ4v) is 1.32. The molecule has 0 saturated carbocycles. The Bertz CT molecular complexity index is 202. The van der Waals surface area contributed by atoms with Gasteiger partial charge in [0.2, 0.25) is 5.91 Å². The molecule has 1 N–H and O–H groups in total. The summed E-state index contributed by atoms with van der Waals surface area (Å²) in [4.78, 5) is 13.6. The third-order valence-corrected chi connectivity index (χ3v) is 2.16. The Morgan fingerprint density at radius 2 is 2.00 bits per heavy atom. The van der Waals surface area contributed by atoms with Crippen LogP contribution in [0.2, 0.25) is 0 Å². The second kappa shape index (κ2) is 8.48. The second-order valence-electron chi connectivity index (χ2n) is 3.96. The number of nitrogens with one attached hydrogen (secondary N) is 1. The molecule has 0 bridgehead atoms. The maximum absolute atomic E-state index is 11.5. The van der Waals surface area contributed by atoms with Crippen molar-refractivity contribution in [1.29, 1.82) is 0 Å². The SMILES string of the molecule is C=C(C)CN(CC)CC(=O)NCCCC. The summed E-state index contributed by atoms with van der Waals surface area (Å²) >= 11 is 0. The van der Waals surface area contributed by atoms with Crippen molar-refractivity contribution >= 4 is 5.91 Å². The first kappa shape index (κ1) is 14.2. The summed E-state index contributed by atoms with van der Waals surface area (Å²) in [5.74, 6) is 0.117. The molecule has 0 radical (unpaired) electrons. The maximum Gasteiger partial charge on any atom is 0.234 e. The lowest BCUT2D eigenvalue weighted by Crippen LogP contribution is -2.38. The zero-order valence-electron chi connectivity index (χ0n) is 10.3. The molecule has 0 heterocycles. The van der Waals surface area contributed by atoms with E-state index < -0.39 is 0 Å². The number of likely N-dealkylation sites (N-methyl/N-ethyl adjacent to an activating group) is 1. The number of hydrogen-bond acceptors (Lipinski definition) is 2. The van der Waals surface area contributed by atoms with E-state index in [1.165, 1.54) is 0 Å². The van der Waals surface area contributed by atoms with Crippen LogP contribution >= 0.6 is 0 Å². The molecule has 0 aliphatic heterocycles. The molecule has 0 aliphatic rings. The van der Waals surface area contributed by atoms with E-state index in [-0.39, 0.29) is 5.91 Å². The van der Waals surface area contributed by atoms with Gasteiger partial charge in [-0.15, -0.1) is 0 Å². The quantitative estimate of drug-likeness (QED) is 0.491. The lowest BCUT2D eigenvalue weighted by Gasteiger charge is -2.19. The molecule has 3 heteroatoms. The van der Waals surface area contributed by atoms with Crippen molar-refractivity contribution in [1.82, 2.24) is 10.2 Å². The van der Waals surface area contributed by atoms with Gasteiger partial charge in [0.15, 0.2) is 0 Å². The molecule has 0 aromatic rings. The van der Waals surface area contributed by atoms with E-state index in [4.69, 9.17) is 0 Å². The first-order valence-electron chi connectivity index (χ1n) is 5.73. The number of carbonyl (C=O) groups excluding carboxylic acids is 1. The van der Waals surface area contributed by atoms with Crippen molar-refractivity contribution in [3.8, 4) is 0 Å².